The minimum absolute atomic E-state index is 0.104. The molecule has 2 heterocycles. The van der Waals surface area contributed by atoms with Crippen molar-refractivity contribution in [3.8, 4) is 0 Å². The number of nitrogens with one attached hydrogen (secondary N) is 1. The van der Waals surface area contributed by atoms with Crippen molar-refractivity contribution in [2.75, 3.05) is 5.32 Å². The van der Waals surface area contributed by atoms with Crippen LogP contribution in [0.5, 0.6) is 0 Å². The van der Waals surface area contributed by atoms with Crippen LogP contribution in [0, 0.1) is 0 Å². The highest BCUT2D eigenvalue weighted by Crippen LogP contribution is 2.16. The Bertz CT molecular complexity index is 724. The third-order valence-electron chi connectivity index (χ3n) is 2.81. The summed E-state index contributed by atoms with van der Waals surface area (Å²) in [5, 5.41) is 11.1. The van der Waals surface area contributed by atoms with Gasteiger partial charge in [0.1, 0.15) is 0 Å². The Labute approximate surface area is 109 Å². The first-order valence-electron chi connectivity index (χ1n) is 5.88. The highest BCUT2D eigenvalue weighted by Gasteiger charge is 2.12. The van der Waals surface area contributed by atoms with Crippen LogP contribution in [-0.4, -0.2) is 24.1 Å². The Morgan fingerprint density at radius 1 is 1.21 bits per heavy atom. The highest BCUT2D eigenvalue weighted by molar-refractivity contribution is 5.56. The molecule has 0 radical (unpaired) electrons. The van der Waals surface area contributed by atoms with Gasteiger partial charge in [0.2, 0.25) is 5.82 Å². The molecule has 0 atom stereocenters. The Morgan fingerprint density at radius 3 is 2.53 bits per heavy atom. The van der Waals surface area contributed by atoms with Gasteiger partial charge < -0.3 is 5.32 Å². The first kappa shape index (κ1) is 13.1. The summed E-state index contributed by atoms with van der Waals surface area (Å²) < 4.78 is 3.79. The van der Waals surface area contributed by atoms with Crippen LogP contribution >= 0.6 is 0 Å². The number of anilines is 2. The molecule has 0 saturated heterocycles. The van der Waals surface area contributed by atoms with Crippen LogP contribution in [0.25, 0.3) is 0 Å². The molecule has 102 valence electrons. The molecule has 0 aliphatic heterocycles. The Morgan fingerprint density at radius 2 is 1.89 bits per heavy atom. The highest BCUT2D eigenvalue weighted by atomic mass is 16.2. The average Bonchev–Trinajstić information content (AvgIpc) is 2.73. The van der Waals surface area contributed by atoms with Crippen LogP contribution in [-0.2, 0) is 27.6 Å². The molecule has 0 saturated carbocycles. The largest absolute Gasteiger partial charge is 0.346 e. The maximum atomic E-state index is 11.9. The Kier molecular flexibility index (Phi) is 3.24. The smallest absolute Gasteiger partial charge is 0.331 e. The summed E-state index contributed by atoms with van der Waals surface area (Å²) in [6.45, 7) is 1.97. The maximum Gasteiger partial charge on any atom is 0.346 e. The summed E-state index contributed by atoms with van der Waals surface area (Å²) in [7, 11) is 4.72. The molecule has 0 aromatic carbocycles. The molecular formula is C11H16N6O2. The number of hydrogen-bond acceptors (Lipinski definition) is 5. The van der Waals surface area contributed by atoms with Crippen LogP contribution < -0.4 is 16.6 Å². The van der Waals surface area contributed by atoms with E-state index in [4.69, 9.17) is 0 Å². The molecule has 0 aliphatic rings. The van der Waals surface area contributed by atoms with Crippen LogP contribution in [0.4, 0.5) is 11.5 Å². The first-order chi connectivity index (χ1) is 8.93. The molecule has 0 fully saturated rings. The van der Waals surface area contributed by atoms with Gasteiger partial charge in [0.05, 0.1) is 11.4 Å². The summed E-state index contributed by atoms with van der Waals surface area (Å²) in [5.74, 6) is 0.104. The van der Waals surface area contributed by atoms with Crippen molar-refractivity contribution >= 4 is 11.5 Å². The zero-order valence-electron chi connectivity index (χ0n) is 11.3. The van der Waals surface area contributed by atoms with Crippen LogP contribution in [0.3, 0.4) is 0 Å². The monoisotopic (exact) mass is 264 g/mol. The summed E-state index contributed by atoms with van der Waals surface area (Å²) in [5.41, 5.74) is 0.625. The minimum Gasteiger partial charge on any atom is -0.331 e. The molecule has 2 rings (SSSR count). The van der Waals surface area contributed by atoms with Gasteiger partial charge in [-0.3, -0.25) is 14.0 Å². The van der Waals surface area contributed by atoms with E-state index in [1.54, 1.807) is 17.9 Å². The molecule has 0 spiro atoms. The molecule has 0 amide bonds. The average molecular weight is 264 g/mol. The standard InChI is InChI=1S/C11H16N6O2/c1-5-7-8(6-15(2)13-7)12-9-10(18)16(3)11(19)17(4)14-9/h6H,5H2,1-4H3,(H,12,14). The van der Waals surface area contributed by atoms with Crippen LogP contribution in [0.2, 0.25) is 0 Å². The van der Waals surface area contributed by atoms with Crippen molar-refractivity contribution in [1.82, 2.24) is 24.1 Å². The van der Waals surface area contributed by atoms with Gasteiger partial charge in [0, 0.05) is 27.3 Å². The second kappa shape index (κ2) is 4.71. The predicted octanol–water partition coefficient (Wildman–Crippen LogP) is -0.481. The fourth-order valence-corrected chi connectivity index (χ4v) is 1.80. The van der Waals surface area contributed by atoms with Gasteiger partial charge in [-0.1, -0.05) is 6.92 Å². The van der Waals surface area contributed by atoms with Gasteiger partial charge in [-0.2, -0.15) is 5.10 Å². The predicted molar refractivity (Wildman–Crippen MR) is 70.6 cm³/mol. The van der Waals surface area contributed by atoms with E-state index < -0.39 is 11.2 Å². The molecular weight excluding hydrogens is 248 g/mol. The summed E-state index contributed by atoms with van der Waals surface area (Å²) in [4.78, 5) is 23.5. The van der Waals surface area contributed by atoms with Gasteiger partial charge >= 0.3 is 5.69 Å². The van der Waals surface area contributed by atoms with E-state index in [0.29, 0.717) is 5.69 Å². The second-order valence-electron chi connectivity index (χ2n) is 4.26. The zero-order valence-corrected chi connectivity index (χ0v) is 11.3. The number of rotatable bonds is 3. The first-order valence-corrected chi connectivity index (χ1v) is 5.88. The molecule has 0 bridgehead atoms. The fraction of sp³-hybridized carbons (Fsp3) is 0.455. The molecule has 8 heteroatoms. The van der Waals surface area contributed by atoms with Crippen molar-refractivity contribution in [2.24, 2.45) is 21.1 Å². The maximum absolute atomic E-state index is 11.9. The lowest BCUT2D eigenvalue weighted by atomic mass is 10.3. The third-order valence-corrected chi connectivity index (χ3v) is 2.81. The van der Waals surface area contributed by atoms with E-state index >= 15 is 0 Å². The van der Waals surface area contributed by atoms with Gasteiger partial charge in [-0.25, -0.2) is 9.48 Å². The van der Waals surface area contributed by atoms with Gasteiger partial charge in [0.15, 0.2) is 0 Å². The van der Waals surface area contributed by atoms with E-state index in [1.165, 1.54) is 14.1 Å². The molecule has 1 N–H and O–H groups in total. The second-order valence-corrected chi connectivity index (χ2v) is 4.26. The SMILES string of the molecule is CCc1nn(C)cc1Nc1nn(C)c(=O)n(C)c1=O. The third kappa shape index (κ3) is 2.28. The molecule has 2 aromatic heterocycles. The van der Waals surface area contributed by atoms with Crippen molar-refractivity contribution < 1.29 is 0 Å². The normalized spacial score (nSPS) is 10.7. The van der Waals surface area contributed by atoms with Crippen molar-refractivity contribution in [3.63, 3.8) is 0 Å². The molecule has 0 unspecified atom stereocenters. The zero-order chi connectivity index (χ0) is 14.2. The van der Waals surface area contributed by atoms with Gasteiger partial charge in [-0.05, 0) is 6.42 Å². The van der Waals surface area contributed by atoms with Gasteiger partial charge in [0.25, 0.3) is 5.56 Å². The lowest BCUT2D eigenvalue weighted by Crippen LogP contribution is -2.39. The minimum atomic E-state index is -0.464. The topological polar surface area (TPSA) is 86.7 Å². The van der Waals surface area contributed by atoms with E-state index in [1.807, 2.05) is 6.92 Å². The van der Waals surface area contributed by atoms with E-state index in [9.17, 15) is 9.59 Å². The van der Waals surface area contributed by atoms with E-state index in [0.717, 1.165) is 21.4 Å². The lowest BCUT2D eigenvalue weighted by molar-refractivity contribution is 0.606. The quantitative estimate of drug-likeness (QED) is 0.809. The number of nitrogens with zero attached hydrogens (tertiary/aromatic N) is 5. The molecule has 8 nitrogen and oxygen atoms in total. The number of aryl methyl sites for hydroxylation is 3. The van der Waals surface area contributed by atoms with Crippen LogP contribution in [0.15, 0.2) is 15.8 Å². The van der Waals surface area contributed by atoms with E-state index in [2.05, 4.69) is 15.5 Å². The summed E-state index contributed by atoms with van der Waals surface area (Å²) in [6, 6.07) is 0. The molecule has 19 heavy (non-hydrogen) atoms. The lowest BCUT2D eigenvalue weighted by Gasteiger charge is -2.07. The van der Waals surface area contributed by atoms with Crippen molar-refractivity contribution in [3.05, 3.63) is 32.7 Å². The molecule has 2 aromatic rings. The van der Waals surface area contributed by atoms with Crippen molar-refractivity contribution in [2.45, 2.75) is 13.3 Å². The van der Waals surface area contributed by atoms with E-state index in [-0.39, 0.29) is 5.82 Å². The number of aromatic nitrogens is 5. The van der Waals surface area contributed by atoms with Gasteiger partial charge in [-0.15, -0.1) is 5.10 Å². The fourth-order valence-electron chi connectivity index (χ4n) is 1.80. The van der Waals surface area contributed by atoms with Crippen molar-refractivity contribution in [1.29, 1.82) is 0 Å². The summed E-state index contributed by atoms with van der Waals surface area (Å²) in [6.07, 6.45) is 2.50. The Balaban J connectivity index is 2.50. The molecule has 0 aliphatic carbocycles. The Hall–Kier alpha value is -2.38. The summed E-state index contributed by atoms with van der Waals surface area (Å²) >= 11 is 0. The number of hydrogen-bond donors (Lipinski definition) is 1. The van der Waals surface area contributed by atoms with Crippen LogP contribution in [0.1, 0.15) is 12.6 Å².